The quantitative estimate of drug-likeness (QED) is 0.659. The van der Waals surface area contributed by atoms with E-state index in [2.05, 4.69) is 15.3 Å². The van der Waals surface area contributed by atoms with Gasteiger partial charge in [-0.2, -0.15) is 0 Å². The molecule has 1 aliphatic rings. The molecule has 6 nitrogen and oxygen atoms in total. The number of halogens is 2. The highest BCUT2D eigenvalue weighted by Crippen LogP contribution is 2.58. The van der Waals surface area contributed by atoms with Gasteiger partial charge in [-0.25, -0.2) is 9.97 Å². The Kier molecular flexibility index (Phi) is 3.40. The van der Waals surface area contributed by atoms with Crippen molar-refractivity contribution in [3.05, 3.63) is 16.5 Å². The summed E-state index contributed by atoms with van der Waals surface area (Å²) < 4.78 is 0. The number of aromatic nitrogens is 2. The number of nitrogens with one attached hydrogen (secondary N) is 1. The van der Waals surface area contributed by atoms with E-state index in [1.54, 1.807) is 13.8 Å². The number of aliphatic carboxylic acids is 1. The zero-order valence-corrected chi connectivity index (χ0v) is 11.7. The van der Waals surface area contributed by atoms with E-state index in [1.807, 2.05) is 0 Å². The molecule has 0 radical (unpaired) electrons. The number of nitrogens with zero attached hydrogens (tertiary/aromatic N) is 2. The van der Waals surface area contributed by atoms with Crippen LogP contribution in [0.15, 0.2) is 6.07 Å². The first kappa shape index (κ1) is 14.0. The van der Waals surface area contributed by atoms with Gasteiger partial charge in [0, 0.05) is 6.07 Å². The molecule has 2 N–H and O–H groups in total. The van der Waals surface area contributed by atoms with E-state index in [4.69, 9.17) is 28.3 Å². The lowest BCUT2D eigenvalue weighted by atomic mass is 10.1. The van der Waals surface area contributed by atoms with Crippen molar-refractivity contribution < 1.29 is 14.7 Å². The van der Waals surface area contributed by atoms with Crippen molar-refractivity contribution >= 4 is 40.9 Å². The van der Waals surface area contributed by atoms with E-state index >= 15 is 0 Å². The minimum atomic E-state index is -0.982. The number of carboxylic acid groups (broad SMARTS) is 1. The molecule has 8 heteroatoms. The molecule has 1 aromatic rings. The summed E-state index contributed by atoms with van der Waals surface area (Å²) in [6.07, 6.45) is 0. The molecule has 1 amide bonds. The van der Waals surface area contributed by atoms with Crippen LogP contribution in [0, 0.1) is 17.3 Å². The average molecular weight is 304 g/mol. The lowest BCUT2D eigenvalue weighted by Crippen LogP contribution is -2.18. The highest BCUT2D eigenvalue weighted by molar-refractivity contribution is 6.32. The van der Waals surface area contributed by atoms with Gasteiger partial charge in [0.1, 0.15) is 11.0 Å². The Balaban J connectivity index is 2.13. The standard InChI is InChI=1S/C11H11Cl2N3O3/c1-11(2)6(7(11)9(18)19)8(17)15-5-3-4(12)14-10(13)16-5/h3,6-7H,1-2H3,(H,18,19)(H,14,15,16,17)/t6-,7+/m1/s1. The second-order valence-electron chi connectivity index (χ2n) is 4.95. The Bertz CT molecular complexity index is 542. The van der Waals surface area contributed by atoms with Crippen LogP contribution in [0.5, 0.6) is 0 Å². The summed E-state index contributed by atoms with van der Waals surface area (Å²) in [6, 6.07) is 1.34. The molecule has 19 heavy (non-hydrogen) atoms. The molecule has 1 aromatic heterocycles. The fourth-order valence-corrected chi connectivity index (χ4v) is 2.65. The van der Waals surface area contributed by atoms with Crippen molar-refractivity contribution in [3.63, 3.8) is 0 Å². The van der Waals surface area contributed by atoms with Gasteiger partial charge in [-0.15, -0.1) is 0 Å². The van der Waals surface area contributed by atoms with E-state index in [0.717, 1.165) is 0 Å². The number of amides is 1. The first-order valence-corrected chi connectivity index (χ1v) is 6.23. The lowest BCUT2D eigenvalue weighted by molar-refractivity contribution is -0.140. The van der Waals surface area contributed by atoms with Crippen LogP contribution in [-0.2, 0) is 9.59 Å². The number of carboxylic acids is 1. The third-order valence-corrected chi connectivity index (χ3v) is 3.66. The van der Waals surface area contributed by atoms with Gasteiger partial charge in [-0.1, -0.05) is 25.4 Å². The average Bonchev–Trinajstić information content (AvgIpc) is 2.80. The second kappa shape index (κ2) is 4.61. The first-order valence-electron chi connectivity index (χ1n) is 5.47. The van der Waals surface area contributed by atoms with Crippen LogP contribution in [0.3, 0.4) is 0 Å². The molecular formula is C11H11Cl2N3O3. The predicted octanol–water partition coefficient (Wildman–Crippen LogP) is 2.08. The molecule has 102 valence electrons. The molecule has 2 rings (SSSR count). The molecule has 1 fully saturated rings. The van der Waals surface area contributed by atoms with E-state index < -0.39 is 29.1 Å². The molecule has 0 aliphatic heterocycles. The summed E-state index contributed by atoms with van der Waals surface area (Å²) in [7, 11) is 0. The van der Waals surface area contributed by atoms with Crippen molar-refractivity contribution in [3.8, 4) is 0 Å². The van der Waals surface area contributed by atoms with Gasteiger partial charge in [-0.05, 0) is 17.0 Å². The summed E-state index contributed by atoms with van der Waals surface area (Å²) >= 11 is 11.3. The maximum Gasteiger partial charge on any atom is 0.307 e. The molecule has 0 saturated heterocycles. The van der Waals surface area contributed by atoms with Crippen LogP contribution in [0.4, 0.5) is 5.82 Å². The number of anilines is 1. The Morgan fingerprint density at radius 3 is 2.42 bits per heavy atom. The first-order chi connectivity index (χ1) is 8.73. The van der Waals surface area contributed by atoms with Crippen LogP contribution in [-0.4, -0.2) is 27.0 Å². The monoisotopic (exact) mass is 303 g/mol. The van der Waals surface area contributed by atoms with Crippen molar-refractivity contribution in [2.45, 2.75) is 13.8 Å². The van der Waals surface area contributed by atoms with E-state index in [0.29, 0.717) is 0 Å². The van der Waals surface area contributed by atoms with Crippen molar-refractivity contribution in [2.24, 2.45) is 17.3 Å². The Hall–Kier alpha value is -1.40. The number of rotatable bonds is 3. The van der Waals surface area contributed by atoms with E-state index in [9.17, 15) is 9.59 Å². The van der Waals surface area contributed by atoms with Crippen molar-refractivity contribution in [2.75, 3.05) is 5.32 Å². The Morgan fingerprint density at radius 2 is 1.95 bits per heavy atom. The third-order valence-electron chi connectivity index (χ3n) is 3.29. The van der Waals surface area contributed by atoms with E-state index in [-0.39, 0.29) is 16.3 Å². The second-order valence-corrected chi connectivity index (χ2v) is 5.67. The topological polar surface area (TPSA) is 92.2 Å². The van der Waals surface area contributed by atoms with Gasteiger partial charge in [0.15, 0.2) is 0 Å². The molecule has 0 bridgehead atoms. The minimum absolute atomic E-state index is 0.0901. The summed E-state index contributed by atoms with van der Waals surface area (Å²) in [6.45, 7) is 3.46. The molecule has 0 unspecified atom stereocenters. The van der Waals surface area contributed by atoms with Gasteiger partial charge in [-0.3, -0.25) is 9.59 Å². The summed E-state index contributed by atoms with van der Waals surface area (Å²) in [5.41, 5.74) is -0.573. The number of carbonyl (C=O) groups excluding carboxylic acids is 1. The smallest absolute Gasteiger partial charge is 0.307 e. The Labute approximate surface area is 119 Å². The van der Waals surface area contributed by atoms with Crippen LogP contribution in [0.25, 0.3) is 0 Å². The third kappa shape index (κ3) is 2.64. The van der Waals surface area contributed by atoms with Crippen molar-refractivity contribution in [1.29, 1.82) is 0 Å². The van der Waals surface area contributed by atoms with Crippen LogP contribution < -0.4 is 5.32 Å². The molecule has 1 saturated carbocycles. The normalized spacial score (nSPS) is 23.8. The maximum absolute atomic E-state index is 12.0. The van der Waals surface area contributed by atoms with Gasteiger partial charge >= 0.3 is 5.97 Å². The zero-order chi connectivity index (χ0) is 14.4. The van der Waals surface area contributed by atoms with Gasteiger partial charge in [0.2, 0.25) is 11.2 Å². The SMILES string of the molecule is CC1(C)[C@H](C(=O)O)[C@@H]1C(=O)Nc1cc(Cl)nc(Cl)n1. The number of carbonyl (C=O) groups is 2. The maximum atomic E-state index is 12.0. The lowest BCUT2D eigenvalue weighted by Gasteiger charge is -2.05. The minimum Gasteiger partial charge on any atom is -0.481 e. The summed E-state index contributed by atoms with van der Waals surface area (Å²) in [4.78, 5) is 30.5. The van der Waals surface area contributed by atoms with Gasteiger partial charge in [0.25, 0.3) is 0 Å². The molecule has 1 aliphatic carbocycles. The van der Waals surface area contributed by atoms with Gasteiger partial charge < -0.3 is 10.4 Å². The van der Waals surface area contributed by atoms with Crippen LogP contribution in [0.1, 0.15) is 13.8 Å². The fourth-order valence-electron chi connectivity index (χ4n) is 2.25. The van der Waals surface area contributed by atoms with Crippen LogP contribution in [0.2, 0.25) is 10.4 Å². The number of hydrogen-bond acceptors (Lipinski definition) is 4. The molecule has 2 atom stereocenters. The highest BCUT2D eigenvalue weighted by Gasteiger charge is 2.65. The highest BCUT2D eigenvalue weighted by atomic mass is 35.5. The summed E-state index contributed by atoms with van der Waals surface area (Å²) in [5.74, 6) is -2.54. The zero-order valence-electron chi connectivity index (χ0n) is 10.1. The Morgan fingerprint density at radius 1 is 1.32 bits per heavy atom. The molecule has 0 spiro atoms. The predicted molar refractivity (Wildman–Crippen MR) is 69.1 cm³/mol. The number of hydrogen-bond donors (Lipinski definition) is 2. The van der Waals surface area contributed by atoms with Crippen LogP contribution >= 0.6 is 23.2 Å². The van der Waals surface area contributed by atoms with Gasteiger partial charge in [0.05, 0.1) is 11.8 Å². The van der Waals surface area contributed by atoms with Crippen molar-refractivity contribution in [1.82, 2.24) is 9.97 Å². The van der Waals surface area contributed by atoms with E-state index in [1.165, 1.54) is 6.07 Å². The molecule has 1 heterocycles. The molecular weight excluding hydrogens is 293 g/mol. The fraction of sp³-hybridized carbons (Fsp3) is 0.455. The molecule has 0 aromatic carbocycles. The largest absolute Gasteiger partial charge is 0.481 e. The summed E-state index contributed by atoms with van der Waals surface area (Å²) in [5, 5.41) is 11.5.